The molecule has 1 heterocycles. The van der Waals surface area contributed by atoms with Gasteiger partial charge in [-0.25, -0.2) is 0 Å². The average Bonchev–Trinajstić information content (AvgIpc) is 2.81. The summed E-state index contributed by atoms with van der Waals surface area (Å²) in [6.07, 6.45) is 3.46. The van der Waals surface area contributed by atoms with Gasteiger partial charge < -0.3 is 10.6 Å². The monoisotopic (exact) mass is 244 g/mol. The summed E-state index contributed by atoms with van der Waals surface area (Å²) < 4.78 is 0. The lowest BCUT2D eigenvalue weighted by atomic mass is 9.84. The number of nitrogens with zero attached hydrogens (tertiary/aromatic N) is 1. The predicted octanol–water partition coefficient (Wildman–Crippen LogP) is 2.90. The summed E-state index contributed by atoms with van der Waals surface area (Å²) in [4.78, 5) is 2.48. The minimum Gasteiger partial charge on any atom is -0.320 e. The van der Waals surface area contributed by atoms with Crippen LogP contribution in [0.1, 0.15) is 31.7 Å². The van der Waals surface area contributed by atoms with Gasteiger partial charge in [0.05, 0.1) is 5.54 Å². The van der Waals surface area contributed by atoms with Gasteiger partial charge in [0.15, 0.2) is 0 Å². The summed E-state index contributed by atoms with van der Waals surface area (Å²) in [5, 5.41) is 0. The smallest absolute Gasteiger partial charge is 0.0575 e. The van der Waals surface area contributed by atoms with E-state index in [0.717, 1.165) is 18.5 Å². The molecule has 18 heavy (non-hydrogen) atoms. The van der Waals surface area contributed by atoms with Gasteiger partial charge in [-0.3, -0.25) is 0 Å². The highest BCUT2D eigenvalue weighted by Crippen LogP contribution is 2.27. The zero-order valence-electron chi connectivity index (χ0n) is 11.4. The van der Waals surface area contributed by atoms with Gasteiger partial charge in [0, 0.05) is 6.54 Å². The Hall–Kier alpha value is -1.12. The number of rotatable bonds is 5. The fourth-order valence-corrected chi connectivity index (χ4v) is 2.90. The molecule has 1 aliphatic heterocycles. The Morgan fingerprint density at radius 2 is 1.89 bits per heavy atom. The molecule has 1 fully saturated rings. The van der Waals surface area contributed by atoms with Crippen molar-refractivity contribution in [2.75, 3.05) is 19.6 Å². The van der Waals surface area contributed by atoms with E-state index >= 15 is 0 Å². The van der Waals surface area contributed by atoms with Crippen molar-refractivity contribution in [1.29, 1.82) is 0 Å². The van der Waals surface area contributed by atoms with Crippen molar-refractivity contribution in [3.8, 4) is 0 Å². The predicted molar refractivity (Wildman–Crippen MR) is 77.4 cm³/mol. The van der Waals surface area contributed by atoms with Crippen molar-refractivity contribution in [2.24, 2.45) is 5.73 Å². The average molecular weight is 244 g/mol. The second-order valence-electron chi connectivity index (χ2n) is 5.64. The van der Waals surface area contributed by atoms with Crippen LogP contribution in [0.5, 0.6) is 0 Å². The van der Waals surface area contributed by atoms with Crippen LogP contribution in [-0.4, -0.2) is 24.5 Å². The van der Waals surface area contributed by atoms with E-state index in [1.165, 1.54) is 31.5 Å². The van der Waals surface area contributed by atoms with Crippen molar-refractivity contribution in [2.45, 2.75) is 31.7 Å². The van der Waals surface area contributed by atoms with Crippen molar-refractivity contribution in [3.05, 3.63) is 48.0 Å². The number of likely N-dealkylation sites (tertiary alicyclic amines) is 1. The lowest BCUT2D eigenvalue weighted by Gasteiger charge is -2.34. The van der Waals surface area contributed by atoms with Crippen LogP contribution in [0.4, 0.5) is 0 Å². The first kappa shape index (κ1) is 13.3. The lowest BCUT2D eigenvalue weighted by Crippen LogP contribution is -2.47. The van der Waals surface area contributed by atoms with Crippen LogP contribution in [0.2, 0.25) is 0 Å². The molecule has 2 nitrogen and oxygen atoms in total. The van der Waals surface area contributed by atoms with E-state index in [-0.39, 0.29) is 5.54 Å². The number of nitrogens with two attached hydrogens (primary N) is 1. The second-order valence-corrected chi connectivity index (χ2v) is 5.64. The van der Waals surface area contributed by atoms with Crippen LogP contribution < -0.4 is 5.73 Å². The Bertz CT molecular complexity index is 393. The fourth-order valence-electron chi connectivity index (χ4n) is 2.90. The largest absolute Gasteiger partial charge is 0.320 e. The summed E-state index contributed by atoms with van der Waals surface area (Å²) in [7, 11) is 0. The molecule has 1 aromatic carbocycles. The highest BCUT2D eigenvalue weighted by atomic mass is 15.2. The van der Waals surface area contributed by atoms with Gasteiger partial charge in [0.25, 0.3) is 0 Å². The molecule has 1 aliphatic rings. The minimum absolute atomic E-state index is 0.294. The SMILES string of the molecule is C=C(C)CC(N)(CN1CCCC1)c1ccccc1. The van der Waals surface area contributed by atoms with Crippen LogP contribution in [0.15, 0.2) is 42.5 Å². The zero-order chi connectivity index (χ0) is 13.0. The first-order chi connectivity index (χ1) is 8.60. The van der Waals surface area contributed by atoms with Crippen molar-refractivity contribution >= 4 is 0 Å². The number of benzene rings is 1. The minimum atomic E-state index is -0.294. The third-order valence-electron chi connectivity index (χ3n) is 3.67. The standard InChI is InChI=1S/C16H24N2/c1-14(2)12-16(17,13-18-10-6-7-11-18)15-8-4-3-5-9-15/h3-5,8-9H,1,6-7,10-13,17H2,2H3. The molecule has 0 spiro atoms. The molecule has 1 aromatic rings. The quantitative estimate of drug-likeness (QED) is 0.807. The Morgan fingerprint density at radius 1 is 1.28 bits per heavy atom. The number of hydrogen-bond acceptors (Lipinski definition) is 2. The van der Waals surface area contributed by atoms with E-state index in [1.807, 2.05) is 6.07 Å². The van der Waals surface area contributed by atoms with Crippen molar-refractivity contribution in [1.82, 2.24) is 4.90 Å². The maximum atomic E-state index is 6.70. The van der Waals surface area contributed by atoms with E-state index in [9.17, 15) is 0 Å². The molecule has 1 atom stereocenters. The maximum absolute atomic E-state index is 6.70. The van der Waals surface area contributed by atoms with Gasteiger partial charge in [0.1, 0.15) is 0 Å². The second kappa shape index (κ2) is 5.68. The summed E-state index contributed by atoms with van der Waals surface area (Å²) in [5.74, 6) is 0. The van der Waals surface area contributed by atoms with Crippen LogP contribution in [0.25, 0.3) is 0 Å². The van der Waals surface area contributed by atoms with Gasteiger partial charge in [0.2, 0.25) is 0 Å². The Kier molecular flexibility index (Phi) is 4.20. The molecular weight excluding hydrogens is 220 g/mol. The lowest BCUT2D eigenvalue weighted by molar-refractivity contribution is 0.245. The Labute approximate surface area is 110 Å². The van der Waals surface area contributed by atoms with Gasteiger partial charge in [-0.15, -0.1) is 6.58 Å². The molecule has 2 rings (SSSR count). The fraction of sp³-hybridized carbons (Fsp3) is 0.500. The van der Waals surface area contributed by atoms with Crippen LogP contribution in [0.3, 0.4) is 0 Å². The van der Waals surface area contributed by atoms with Crippen molar-refractivity contribution < 1.29 is 0 Å². The molecule has 0 aromatic heterocycles. The van der Waals surface area contributed by atoms with E-state index in [0.29, 0.717) is 0 Å². The van der Waals surface area contributed by atoms with Crippen LogP contribution in [0, 0.1) is 0 Å². The van der Waals surface area contributed by atoms with Gasteiger partial charge in [-0.2, -0.15) is 0 Å². The molecule has 98 valence electrons. The van der Waals surface area contributed by atoms with Crippen LogP contribution in [-0.2, 0) is 5.54 Å². The normalized spacial score (nSPS) is 19.7. The molecule has 1 saturated heterocycles. The van der Waals surface area contributed by atoms with E-state index in [4.69, 9.17) is 5.73 Å². The molecule has 0 bridgehead atoms. The first-order valence-corrected chi connectivity index (χ1v) is 6.81. The molecule has 0 saturated carbocycles. The highest BCUT2D eigenvalue weighted by molar-refractivity contribution is 5.26. The van der Waals surface area contributed by atoms with Crippen LogP contribution >= 0.6 is 0 Å². The highest BCUT2D eigenvalue weighted by Gasteiger charge is 2.30. The molecule has 2 heteroatoms. The van der Waals surface area contributed by atoms with Gasteiger partial charge in [-0.1, -0.05) is 35.9 Å². The maximum Gasteiger partial charge on any atom is 0.0575 e. The molecule has 2 N–H and O–H groups in total. The Balaban J connectivity index is 2.19. The van der Waals surface area contributed by atoms with E-state index in [2.05, 4.69) is 42.7 Å². The molecule has 0 radical (unpaired) electrons. The summed E-state index contributed by atoms with van der Waals surface area (Å²) in [6.45, 7) is 9.41. The third kappa shape index (κ3) is 3.21. The third-order valence-corrected chi connectivity index (χ3v) is 3.67. The topological polar surface area (TPSA) is 29.3 Å². The summed E-state index contributed by atoms with van der Waals surface area (Å²) in [6, 6.07) is 10.5. The summed E-state index contributed by atoms with van der Waals surface area (Å²) in [5.41, 5.74) is 8.78. The summed E-state index contributed by atoms with van der Waals surface area (Å²) >= 11 is 0. The Morgan fingerprint density at radius 3 is 2.44 bits per heavy atom. The van der Waals surface area contributed by atoms with Gasteiger partial charge >= 0.3 is 0 Å². The molecule has 0 amide bonds. The van der Waals surface area contributed by atoms with Gasteiger partial charge in [-0.05, 0) is 44.8 Å². The molecule has 1 unspecified atom stereocenters. The molecular formula is C16H24N2. The molecule has 0 aliphatic carbocycles. The van der Waals surface area contributed by atoms with E-state index in [1.54, 1.807) is 0 Å². The van der Waals surface area contributed by atoms with Crippen molar-refractivity contribution in [3.63, 3.8) is 0 Å². The van der Waals surface area contributed by atoms with E-state index < -0.39 is 0 Å². The number of hydrogen-bond donors (Lipinski definition) is 1. The zero-order valence-corrected chi connectivity index (χ0v) is 11.4. The first-order valence-electron chi connectivity index (χ1n) is 6.81.